The van der Waals surface area contributed by atoms with E-state index in [2.05, 4.69) is 0 Å². The van der Waals surface area contributed by atoms with E-state index in [1.54, 1.807) is 0 Å². The minimum atomic E-state index is -0.633. The Labute approximate surface area is 65.7 Å². The first-order chi connectivity index (χ1) is 5.33. The molecule has 0 amide bonds. The average Bonchev–Trinajstić information content (AvgIpc) is 2.50. The van der Waals surface area contributed by atoms with Crippen molar-refractivity contribution >= 4 is 6.29 Å². The number of carbonyl (C=O) groups is 1. The molecule has 0 aliphatic carbocycles. The fraction of sp³-hybridized carbons (Fsp3) is 0.875. The van der Waals surface area contributed by atoms with Gasteiger partial charge in [-0.05, 0) is 25.7 Å². The van der Waals surface area contributed by atoms with E-state index >= 15 is 0 Å². The molecule has 0 aromatic carbocycles. The highest BCUT2D eigenvalue weighted by Crippen LogP contribution is 2.28. The van der Waals surface area contributed by atoms with Crippen LogP contribution in [-0.2, 0) is 9.53 Å². The molecule has 1 aliphatic rings. The maximum atomic E-state index is 11.8. The van der Waals surface area contributed by atoms with Gasteiger partial charge >= 0.3 is 0 Å². The number of hydrogen-bond donors (Lipinski definition) is 0. The standard InChI is InChI=1S/C8H13FO2/c9-5-1-3-8(7-10)4-2-6-11-8/h7H,1-6H2. The maximum Gasteiger partial charge on any atom is 0.151 e. The van der Waals surface area contributed by atoms with Crippen LogP contribution in [0, 0.1) is 0 Å². The number of alkyl halides is 1. The summed E-state index contributed by atoms with van der Waals surface area (Å²) < 4.78 is 17.0. The van der Waals surface area contributed by atoms with Gasteiger partial charge in [-0.25, -0.2) is 0 Å². The quantitative estimate of drug-likeness (QED) is 0.582. The Morgan fingerprint density at radius 3 is 2.91 bits per heavy atom. The summed E-state index contributed by atoms with van der Waals surface area (Å²) in [5, 5.41) is 0. The van der Waals surface area contributed by atoms with E-state index in [9.17, 15) is 9.18 Å². The van der Waals surface area contributed by atoms with E-state index in [0.717, 1.165) is 19.1 Å². The van der Waals surface area contributed by atoms with Crippen molar-refractivity contribution in [3.8, 4) is 0 Å². The Bertz CT molecular complexity index is 130. The third-order valence-corrected chi connectivity index (χ3v) is 2.08. The van der Waals surface area contributed by atoms with E-state index in [1.165, 1.54) is 0 Å². The zero-order chi connectivity index (χ0) is 8.16. The van der Waals surface area contributed by atoms with Crippen LogP contribution in [0.5, 0.6) is 0 Å². The molecule has 11 heavy (non-hydrogen) atoms. The van der Waals surface area contributed by atoms with E-state index in [1.807, 2.05) is 0 Å². The number of halogens is 1. The summed E-state index contributed by atoms with van der Waals surface area (Å²) in [5.41, 5.74) is -0.633. The summed E-state index contributed by atoms with van der Waals surface area (Å²) in [6, 6.07) is 0. The Morgan fingerprint density at radius 2 is 2.45 bits per heavy atom. The molecular weight excluding hydrogens is 147 g/mol. The molecule has 0 radical (unpaired) electrons. The molecule has 1 rings (SSSR count). The van der Waals surface area contributed by atoms with E-state index in [4.69, 9.17) is 4.74 Å². The van der Waals surface area contributed by atoms with Gasteiger partial charge in [-0.3, -0.25) is 4.39 Å². The van der Waals surface area contributed by atoms with Crippen molar-refractivity contribution in [2.45, 2.75) is 31.3 Å². The first-order valence-corrected chi connectivity index (χ1v) is 3.99. The van der Waals surface area contributed by atoms with Crippen molar-refractivity contribution < 1.29 is 13.9 Å². The summed E-state index contributed by atoms with van der Waals surface area (Å²) in [5.74, 6) is 0. The second-order valence-electron chi connectivity index (χ2n) is 2.93. The second kappa shape index (κ2) is 3.81. The van der Waals surface area contributed by atoms with Gasteiger partial charge in [-0.2, -0.15) is 0 Å². The Kier molecular flexibility index (Phi) is 3.00. The van der Waals surface area contributed by atoms with Crippen LogP contribution in [0.25, 0.3) is 0 Å². The summed E-state index contributed by atoms with van der Waals surface area (Å²) in [6.07, 6.45) is 3.48. The summed E-state index contributed by atoms with van der Waals surface area (Å²) >= 11 is 0. The van der Waals surface area contributed by atoms with Crippen LogP contribution in [-0.4, -0.2) is 25.2 Å². The Balaban J connectivity index is 2.39. The van der Waals surface area contributed by atoms with E-state index < -0.39 is 5.60 Å². The van der Waals surface area contributed by atoms with Crippen LogP contribution < -0.4 is 0 Å². The van der Waals surface area contributed by atoms with Crippen molar-refractivity contribution in [2.75, 3.05) is 13.3 Å². The van der Waals surface area contributed by atoms with Gasteiger partial charge < -0.3 is 9.53 Å². The molecule has 0 aromatic rings. The van der Waals surface area contributed by atoms with Crippen molar-refractivity contribution in [3.05, 3.63) is 0 Å². The monoisotopic (exact) mass is 160 g/mol. The number of carbonyl (C=O) groups excluding carboxylic acids is 1. The third-order valence-electron chi connectivity index (χ3n) is 2.08. The van der Waals surface area contributed by atoms with E-state index in [-0.39, 0.29) is 6.67 Å². The normalized spacial score (nSPS) is 30.6. The minimum Gasteiger partial charge on any atom is -0.368 e. The third kappa shape index (κ3) is 1.99. The largest absolute Gasteiger partial charge is 0.368 e. The minimum absolute atomic E-state index is 0.362. The lowest BCUT2D eigenvalue weighted by molar-refractivity contribution is -0.126. The van der Waals surface area contributed by atoms with Crippen molar-refractivity contribution in [3.63, 3.8) is 0 Å². The smallest absolute Gasteiger partial charge is 0.151 e. The lowest BCUT2D eigenvalue weighted by Gasteiger charge is -2.19. The molecule has 3 heteroatoms. The molecular formula is C8H13FO2. The molecule has 64 valence electrons. The van der Waals surface area contributed by atoms with Gasteiger partial charge in [0.15, 0.2) is 6.29 Å². The van der Waals surface area contributed by atoms with Crippen LogP contribution in [0.4, 0.5) is 4.39 Å². The van der Waals surface area contributed by atoms with Gasteiger partial charge in [0.05, 0.1) is 6.67 Å². The number of rotatable bonds is 4. The Morgan fingerprint density at radius 1 is 1.64 bits per heavy atom. The summed E-state index contributed by atoms with van der Waals surface area (Å²) in [4.78, 5) is 10.6. The number of hydrogen-bond acceptors (Lipinski definition) is 2. The van der Waals surface area contributed by atoms with Gasteiger partial charge in [0, 0.05) is 6.61 Å². The van der Waals surface area contributed by atoms with Gasteiger partial charge in [0.25, 0.3) is 0 Å². The molecule has 0 N–H and O–H groups in total. The SMILES string of the molecule is O=CC1(CCCF)CCCO1. The molecule has 2 nitrogen and oxygen atoms in total. The molecule has 0 saturated carbocycles. The average molecular weight is 160 g/mol. The first-order valence-electron chi connectivity index (χ1n) is 3.99. The van der Waals surface area contributed by atoms with Gasteiger partial charge in [-0.1, -0.05) is 0 Å². The van der Waals surface area contributed by atoms with Gasteiger partial charge in [0.2, 0.25) is 0 Å². The predicted molar refractivity (Wildman–Crippen MR) is 39.2 cm³/mol. The van der Waals surface area contributed by atoms with Crippen LogP contribution in [0.2, 0.25) is 0 Å². The van der Waals surface area contributed by atoms with Gasteiger partial charge in [-0.15, -0.1) is 0 Å². The Hall–Kier alpha value is -0.440. The molecule has 0 aromatic heterocycles. The highest BCUT2D eigenvalue weighted by Gasteiger charge is 2.33. The molecule has 1 unspecified atom stereocenters. The molecule has 1 aliphatic heterocycles. The van der Waals surface area contributed by atoms with Crippen LogP contribution in [0.1, 0.15) is 25.7 Å². The number of aldehydes is 1. The fourth-order valence-electron chi connectivity index (χ4n) is 1.43. The van der Waals surface area contributed by atoms with Crippen LogP contribution in [0.3, 0.4) is 0 Å². The zero-order valence-electron chi connectivity index (χ0n) is 6.51. The zero-order valence-corrected chi connectivity index (χ0v) is 6.51. The molecule has 1 heterocycles. The highest BCUT2D eigenvalue weighted by molar-refractivity contribution is 5.62. The van der Waals surface area contributed by atoms with E-state index in [0.29, 0.717) is 19.4 Å². The lowest BCUT2D eigenvalue weighted by atomic mass is 9.96. The topological polar surface area (TPSA) is 26.3 Å². The maximum absolute atomic E-state index is 11.8. The molecule has 0 bridgehead atoms. The van der Waals surface area contributed by atoms with Gasteiger partial charge in [0.1, 0.15) is 5.60 Å². The predicted octanol–water partition coefficient (Wildman–Crippen LogP) is 1.48. The first kappa shape index (κ1) is 8.65. The van der Waals surface area contributed by atoms with Crippen LogP contribution in [0.15, 0.2) is 0 Å². The molecule has 1 atom stereocenters. The van der Waals surface area contributed by atoms with Crippen LogP contribution >= 0.6 is 0 Å². The number of ether oxygens (including phenoxy) is 1. The summed E-state index contributed by atoms with van der Waals surface area (Å²) in [6.45, 7) is 0.282. The van der Waals surface area contributed by atoms with Crippen molar-refractivity contribution in [2.24, 2.45) is 0 Å². The fourth-order valence-corrected chi connectivity index (χ4v) is 1.43. The molecule has 1 fully saturated rings. The molecule has 1 saturated heterocycles. The second-order valence-corrected chi connectivity index (χ2v) is 2.93. The summed E-state index contributed by atoms with van der Waals surface area (Å²) in [7, 11) is 0. The lowest BCUT2D eigenvalue weighted by Crippen LogP contribution is -2.29. The van der Waals surface area contributed by atoms with Crippen molar-refractivity contribution in [1.82, 2.24) is 0 Å². The highest BCUT2D eigenvalue weighted by atomic mass is 19.1. The van der Waals surface area contributed by atoms with Crippen molar-refractivity contribution in [1.29, 1.82) is 0 Å². The molecule has 0 spiro atoms.